The maximum absolute atomic E-state index is 13.1. The van der Waals surface area contributed by atoms with Crippen LogP contribution in [0.1, 0.15) is 56.6 Å². The number of methoxy groups -OCH3 is 1. The van der Waals surface area contributed by atoms with Crippen molar-refractivity contribution >= 4 is 11.9 Å². The van der Waals surface area contributed by atoms with E-state index in [-0.39, 0.29) is 23.9 Å². The van der Waals surface area contributed by atoms with Crippen LogP contribution in [0.15, 0.2) is 24.3 Å². The minimum absolute atomic E-state index is 0.0245. The summed E-state index contributed by atoms with van der Waals surface area (Å²) in [5, 5.41) is 15.9. The molecule has 0 radical (unpaired) electrons. The maximum Gasteiger partial charge on any atom is 0.306 e. The summed E-state index contributed by atoms with van der Waals surface area (Å²) < 4.78 is 5.34. The molecule has 4 rings (SSSR count). The number of carbonyl (C=O) groups is 2. The van der Waals surface area contributed by atoms with E-state index >= 15 is 0 Å². The van der Waals surface area contributed by atoms with Crippen LogP contribution in [-0.4, -0.2) is 85.2 Å². The molecule has 3 fully saturated rings. The Morgan fingerprint density at radius 1 is 1.03 bits per heavy atom. The standard InChI is InChI=1S/C26H40N4O4/c1-34-23-8-4-19(5-9-23)24(18-25(31)28-21-6-2-20(3-7-21)26(32)33)30-16-14-29(15-17-30)22-10-12-27-13-11-22/h4-5,8-9,20-22,24,27H,2-3,6-7,10-18H2,1H3,(H,28,31)(H,32,33). The summed E-state index contributed by atoms with van der Waals surface area (Å²) >= 11 is 0. The third-order valence-corrected chi connectivity index (χ3v) is 7.94. The van der Waals surface area contributed by atoms with Gasteiger partial charge in [-0.05, 0) is 69.3 Å². The fourth-order valence-electron chi connectivity index (χ4n) is 5.82. The molecule has 2 saturated heterocycles. The van der Waals surface area contributed by atoms with E-state index in [9.17, 15) is 14.7 Å². The van der Waals surface area contributed by atoms with Crippen LogP contribution in [-0.2, 0) is 9.59 Å². The van der Waals surface area contributed by atoms with E-state index in [1.54, 1.807) is 7.11 Å². The van der Waals surface area contributed by atoms with E-state index in [1.165, 1.54) is 12.8 Å². The summed E-state index contributed by atoms with van der Waals surface area (Å²) in [6, 6.07) is 8.87. The Balaban J connectivity index is 1.37. The minimum atomic E-state index is -0.715. The summed E-state index contributed by atoms with van der Waals surface area (Å²) in [5.41, 5.74) is 1.14. The molecule has 8 nitrogen and oxygen atoms in total. The van der Waals surface area contributed by atoms with E-state index in [2.05, 4.69) is 32.6 Å². The molecule has 1 aromatic rings. The SMILES string of the molecule is COc1ccc(C(CC(=O)NC2CCC(C(=O)O)CC2)N2CCN(C3CCNCC3)CC2)cc1. The molecule has 1 saturated carbocycles. The largest absolute Gasteiger partial charge is 0.497 e. The number of amides is 1. The smallest absolute Gasteiger partial charge is 0.306 e. The molecule has 34 heavy (non-hydrogen) atoms. The van der Waals surface area contributed by atoms with Crippen LogP contribution in [0, 0.1) is 5.92 Å². The average Bonchev–Trinajstić information content (AvgIpc) is 2.88. The lowest BCUT2D eigenvalue weighted by Crippen LogP contribution is -2.53. The van der Waals surface area contributed by atoms with E-state index in [0.717, 1.165) is 63.4 Å². The first-order chi connectivity index (χ1) is 16.5. The molecule has 0 spiro atoms. The van der Waals surface area contributed by atoms with Crippen molar-refractivity contribution in [1.29, 1.82) is 0 Å². The number of piperazine rings is 1. The molecular formula is C26H40N4O4. The number of nitrogens with zero attached hydrogens (tertiary/aromatic N) is 2. The van der Waals surface area contributed by atoms with Crippen LogP contribution < -0.4 is 15.4 Å². The Bertz CT molecular complexity index is 796. The molecule has 0 aromatic heterocycles. The highest BCUT2D eigenvalue weighted by atomic mass is 16.5. The lowest BCUT2D eigenvalue weighted by atomic mass is 9.86. The Morgan fingerprint density at radius 2 is 1.68 bits per heavy atom. The Kier molecular flexibility index (Phi) is 8.80. The van der Waals surface area contributed by atoms with Crippen molar-refractivity contribution in [1.82, 2.24) is 20.4 Å². The lowest BCUT2D eigenvalue weighted by Gasteiger charge is -2.43. The van der Waals surface area contributed by atoms with Crippen LogP contribution >= 0.6 is 0 Å². The van der Waals surface area contributed by atoms with E-state index in [0.29, 0.717) is 25.3 Å². The first kappa shape index (κ1) is 24.9. The van der Waals surface area contributed by atoms with Gasteiger partial charge >= 0.3 is 5.97 Å². The zero-order chi connectivity index (χ0) is 23.9. The second-order valence-corrected chi connectivity index (χ2v) is 10.0. The number of nitrogens with one attached hydrogen (secondary N) is 2. The van der Waals surface area contributed by atoms with Crippen molar-refractivity contribution in [2.75, 3.05) is 46.4 Å². The average molecular weight is 473 g/mol. The summed E-state index contributed by atoms with van der Waals surface area (Å²) in [5.74, 6) is -0.109. The summed E-state index contributed by atoms with van der Waals surface area (Å²) in [6.45, 7) is 6.20. The van der Waals surface area contributed by atoms with Crippen molar-refractivity contribution < 1.29 is 19.4 Å². The molecule has 2 aliphatic heterocycles. The topological polar surface area (TPSA) is 94.1 Å². The highest BCUT2D eigenvalue weighted by Crippen LogP contribution is 2.29. The van der Waals surface area contributed by atoms with Crippen molar-refractivity contribution in [3.05, 3.63) is 29.8 Å². The van der Waals surface area contributed by atoms with Crippen LogP contribution in [0.4, 0.5) is 0 Å². The molecule has 2 heterocycles. The van der Waals surface area contributed by atoms with Gasteiger partial charge in [0, 0.05) is 50.7 Å². The number of carboxylic acids is 1. The number of aliphatic carboxylic acids is 1. The highest BCUT2D eigenvalue weighted by Gasteiger charge is 2.31. The second-order valence-electron chi connectivity index (χ2n) is 10.0. The summed E-state index contributed by atoms with van der Waals surface area (Å²) in [4.78, 5) is 29.4. The molecule has 3 aliphatic rings. The van der Waals surface area contributed by atoms with Gasteiger partial charge in [0.2, 0.25) is 5.91 Å². The summed E-state index contributed by atoms with van der Waals surface area (Å²) in [6.07, 6.45) is 5.61. The monoisotopic (exact) mass is 472 g/mol. The van der Waals surface area contributed by atoms with Crippen LogP contribution in [0.5, 0.6) is 5.75 Å². The number of piperidine rings is 1. The predicted molar refractivity (Wildman–Crippen MR) is 131 cm³/mol. The van der Waals surface area contributed by atoms with Crippen LogP contribution in [0.3, 0.4) is 0 Å². The van der Waals surface area contributed by atoms with Gasteiger partial charge in [-0.1, -0.05) is 12.1 Å². The van der Waals surface area contributed by atoms with E-state index in [4.69, 9.17) is 4.74 Å². The van der Waals surface area contributed by atoms with Gasteiger partial charge in [0.1, 0.15) is 5.75 Å². The highest BCUT2D eigenvalue weighted by molar-refractivity contribution is 5.77. The Labute approximate surface area is 203 Å². The number of hydrogen-bond donors (Lipinski definition) is 3. The Hall–Kier alpha value is -2.16. The molecule has 1 aliphatic carbocycles. The van der Waals surface area contributed by atoms with Gasteiger partial charge in [-0.2, -0.15) is 0 Å². The molecular weight excluding hydrogens is 432 g/mol. The van der Waals surface area contributed by atoms with Crippen LogP contribution in [0.2, 0.25) is 0 Å². The van der Waals surface area contributed by atoms with E-state index < -0.39 is 5.97 Å². The molecule has 1 unspecified atom stereocenters. The van der Waals surface area contributed by atoms with Crippen molar-refractivity contribution in [2.45, 2.75) is 63.1 Å². The van der Waals surface area contributed by atoms with Crippen molar-refractivity contribution in [3.8, 4) is 5.75 Å². The molecule has 188 valence electrons. The van der Waals surface area contributed by atoms with Gasteiger partial charge in [0.15, 0.2) is 0 Å². The zero-order valence-electron chi connectivity index (χ0n) is 20.4. The Morgan fingerprint density at radius 3 is 2.26 bits per heavy atom. The van der Waals surface area contributed by atoms with Gasteiger partial charge in [0.05, 0.1) is 13.0 Å². The third kappa shape index (κ3) is 6.49. The molecule has 1 atom stereocenters. The second kappa shape index (κ2) is 12.0. The number of hydrogen-bond acceptors (Lipinski definition) is 6. The van der Waals surface area contributed by atoms with E-state index in [1.807, 2.05) is 12.1 Å². The van der Waals surface area contributed by atoms with Crippen molar-refractivity contribution in [3.63, 3.8) is 0 Å². The van der Waals surface area contributed by atoms with Gasteiger partial charge < -0.3 is 20.5 Å². The fraction of sp³-hybridized carbons (Fsp3) is 0.692. The van der Waals surface area contributed by atoms with Gasteiger partial charge in [-0.15, -0.1) is 0 Å². The quantitative estimate of drug-likeness (QED) is 0.534. The van der Waals surface area contributed by atoms with Gasteiger partial charge in [-0.3, -0.25) is 19.4 Å². The molecule has 8 heteroatoms. The molecule has 3 N–H and O–H groups in total. The molecule has 0 bridgehead atoms. The number of benzene rings is 1. The van der Waals surface area contributed by atoms with Crippen molar-refractivity contribution in [2.24, 2.45) is 5.92 Å². The zero-order valence-corrected chi connectivity index (χ0v) is 20.4. The summed E-state index contributed by atoms with van der Waals surface area (Å²) in [7, 11) is 1.67. The first-order valence-electron chi connectivity index (χ1n) is 12.9. The first-order valence-corrected chi connectivity index (χ1v) is 12.9. The molecule has 1 amide bonds. The van der Waals surface area contributed by atoms with Crippen LogP contribution in [0.25, 0.3) is 0 Å². The normalized spacial score (nSPS) is 26.0. The maximum atomic E-state index is 13.1. The van der Waals surface area contributed by atoms with Gasteiger partial charge in [0.25, 0.3) is 0 Å². The number of rotatable bonds is 8. The number of carbonyl (C=O) groups excluding carboxylic acids is 1. The minimum Gasteiger partial charge on any atom is -0.497 e. The third-order valence-electron chi connectivity index (χ3n) is 7.94. The lowest BCUT2D eigenvalue weighted by molar-refractivity contribution is -0.142. The van der Waals surface area contributed by atoms with Gasteiger partial charge in [-0.25, -0.2) is 0 Å². The predicted octanol–water partition coefficient (Wildman–Crippen LogP) is 2.26. The molecule has 1 aromatic carbocycles. The fourth-order valence-corrected chi connectivity index (χ4v) is 5.82. The number of carboxylic acid groups (broad SMARTS) is 1. The number of ether oxygens (including phenoxy) is 1.